The first kappa shape index (κ1) is 29.5. The molecular formula is C48H34N2. The number of para-hydroxylation sites is 2. The van der Waals surface area contributed by atoms with E-state index in [0.717, 1.165) is 34.1 Å². The van der Waals surface area contributed by atoms with Crippen LogP contribution in [-0.4, -0.2) is 0 Å². The van der Waals surface area contributed by atoms with Gasteiger partial charge in [-0.1, -0.05) is 152 Å². The molecule has 0 heterocycles. The molecule has 0 saturated heterocycles. The lowest BCUT2D eigenvalue weighted by atomic mass is 9.95. The lowest BCUT2D eigenvalue weighted by Crippen LogP contribution is -2.11. The normalized spacial score (nSPS) is 11.2. The molecule has 50 heavy (non-hydrogen) atoms. The molecular weight excluding hydrogens is 605 g/mol. The van der Waals surface area contributed by atoms with E-state index in [4.69, 9.17) is 0 Å². The second-order valence-corrected chi connectivity index (χ2v) is 12.6. The summed E-state index contributed by atoms with van der Waals surface area (Å²) in [5.74, 6) is 0. The van der Waals surface area contributed by atoms with Crippen molar-refractivity contribution in [1.29, 1.82) is 0 Å². The fourth-order valence-electron chi connectivity index (χ4n) is 7.32. The van der Waals surface area contributed by atoms with Crippen LogP contribution in [0.2, 0.25) is 0 Å². The molecule has 9 aromatic rings. The van der Waals surface area contributed by atoms with Crippen LogP contribution in [0.1, 0.15) is 0 Å². The number of nitrogens with zero attached hydrogens (tertiary/aromatic N) is 2. The number of benzene rings is 9. The number of hydrogen-bond acceptors (Lipinski definition) is 2. The van der Waals surface area contributed by atoms with Crippen molar-refractivity contribution in [2.75, 3.05) is 9.80 Å². The highest BCUT2D eigenvalue weighted by molar-refractivity contribution is 6.09. The number of anilines is 6. The monoisotopic (exact) mass is 638 g/mol. The van der Waals surface area contributed by atoms with Crippen molar-refractivity contribution in [3.8, 4) is 11.1 Å². The molecule has 2 heteroatoms. The van der Waals surface area contributed by atoms with Gasteiger partial charge in [0.2, 0.25) is 0 Å². The largest absolute Gasteiger partial charge is 0.310 e. The quantitative estimate of drug-likeness (QED) is 0.171. The minimum atomic E-state index is 1.11. The van der Waals surface area contributed by atoms with Crippen LogP contribution in [0.4, 0.5) is 34.1 Å². The molecule has 0 spiro atoms. The van der Waals surface area contributed by atoms with Gasteiger partial charge in [0.15, 0.2) is 0 Å². The molecule has 236 valence electrons. The van der Waals surface area contributed by atoms with Crippen LogP contribution in [-0.2, 0) is 0 Å². The maximum Gasteiger partial charge on any atom is 0.0540 e. The van der Waals surface area contributed by atoms with Crippen molar-refractivity contribution in [3.05, 3.63) is 206 Å². The Morgan fingerprint density at radius 3 is 1.26 bits per heavy atom. The molecule has 0 saturated carbocycles. The van der Waals surface area contributed by atoms with Crippen molar-refractivity contribution < 1.29 is 0 Å². The van der Waals surface area contributed by atoms with E-state index in [0.29, 0.717) is 0 Å². The van der Waals surface area contributed by atoms with E-state index in [2.05, 4.69) is 216 Å². The standard InChI is InChI=1S/C48H34N2/c1-3-19-38(20-4-1)49(46-27-13-17-35-15-7-9-23-42(35)46)40-31-29-37(30-32-40)41-33-34-48(45-26-12-11-25-44(41)45)50(39-21-5-2-6-22-39)47-28-14-18-36-16-8-10-24-43(36)47/h1-34H. The fraction of sp³-hybridized carbons (Fsp3) is 0. The Morgan fingerprint density at radius 2 is 0.660 bits per heavy atom. The first-order valence-corrected chi connectivity index (χ1v) is 17.1. The van der Waals surface area contributed by atoms with E-state index in [1.807, 2.05) is 0 Å². The Kier molecular flexibility index (Phi) is 7.53. The third-order valence-electron chi connectivity index (χ3n) is 9.62. The maximum atomic E-state index is 2.40. The van der Waals surface area contributed by atoms with Gasteiger partial charge in [-0.05, 0) is 81.9 Å². The van der Waals surface area contributed by atoms with Gasteiger partial charge in [-0.3, -0.25) is 0 Å². The molecule has 0 fully saturated rings. The van der Waals surface area contributed by atoms with Crippen LogP contribution in [0, 0.1) is 0 Å². The molecule has 2 nitrogen and oxygen atoms in total. The second-order valence-electron chi connectivity index (χ2n) is 12.6. The molecule has 9 rings (SSSR count). The first-order valence-electron chi connectivity index (χ1n) is 17.1. The van der Waals surface area contributed by atoms with Crippen LogP contribution in [0.15, 0.2) is 206 Å². The van der Waals surface area contributed by atoms with Gasteiger partial charge in [0, 0.05) is 33.2 Å². The van der Waals surface area contributed by atoms with Crippen molar-refractivity contribution in [3.63, 3.8) is 0 Å². The molecule has 0 amide bonds. The topological polar surface area (TPSA) is 6.48 Å². The van der Waals surface area contributed by atoms with Crippen molar-refractivity contribution >= 4 is 66.4 Å². The van der Waals surface area contributed by atoms with E-state index < -0.39 is 0 Å². The molecule has 0 unspecified atom stereocenters. The van der Waals surface area contributed by atoms with Crippen molar-refractivity contribution in [2.45, 2.75) is 0 Å². The van der Waals surface area contributed by atoms with Crippen LogP contribution < -0.4 is 9.80 Å². The predicted molar refractivity (Wildman–Crippen MR) is 214 cm³/mol. The summed E-state index contributed by atoms with van der Waals surface area (Å²) in [6, 6.07) is 74.1. The molecule has 0 N–H and O–H groups in total. The van der Waals surface area contributed by atoms with Gasteiger partial charge < -0.3 is 9.80 Å². The van der Waals surface area contributed by atoms with Crippen LogP contribution in [0.5, 0.6) is 0 Å². The Balaban J connectivity index is 1.18. The van der Waals surface area contributed by atoms with E-state index >= 15 is 0 Å². The summed E-state index contributed by atoms with van der Waals surface area (Å²) in [7, 11) is 0. The highest BCUT2D eigenvalue weighted by Crippen LogP contribution is 2.45. The lowest BCUT2D eigenvalue weighted by Gasteiger charge is -2.29. The average Bonchev–Trinajstić information content (AvgIpc) is 3.19. The van der Waals surface area contributed by atoms with E-state index in [-0.39, 0.29) is 0 Å². The van der Waals surface area contributed by atoms with Crippen molar-refractivity contribution in [2.24, 2.45) is 0 Å². The van der Waals surface area contributed by atoms with Gasteiger partial charge in [-0.2, -0.15) is 0 Å². The highest BCUT2D eigenvalue weighted by atomic mass is 15.1. The summed E-state index contributed by atoms with van der Waals surface area (Å²) >= 11 is 0. The zero-order chi connectivity index (χ0) is 33.3. The zero-order valence-corrected chi connectivity index (χ0v) is 27.5. The summed E-state index contributed by atoms with van der Waals surface area (Å²) in [6.45, 7) is 0. The molecule has 0 aliphatic heterocycles. The Bertz CT molecular complexity index is 2580. The maximum absolute atomic E-state index is 2.40. The van der Waals surface area contributed by atoms with Gasteiger partial charge >= 0.3 is 0 Å². The fourth-order valence-corrected chi connectivity index (χ4v) is 7.32. The molecule has 0 aromatic heterocycles. The van der Waals surface area contributed by atoms with Crippen molar-refractivity contribution in [1.82, 2.24) is 0 Å². The third kappa shape index (κ3) is 5.24. The minimum Gasteiger partial charge on any atom is -0.310 e. The predicted octanol–water partition coefficient (Wildman–Crippen LogP) is 13.8. The number of fused-ring (bicyclic) bond motifs is 3. The summed E-state index contributed by atoms with van der Waals surface area (Å²) in [4.78, 5) is 4.76. The SMILES string of the molecule is c1ccc(N(c2ccc(-c3ccc(N(c4ccccc4)c4cccc5ccccc45)c4ccccc34)cc2)c2cccc3ccccc23)cc1. The van der Waals surface area contributed by atoms with Gasteiger partial charge in [-0.15, -0.1) is 0 Å². The lowest BCUT2D eigenvalue weighted by molar-refractivity contribution is 1.30. The third-order valence-corrected chi connectivity index (χ3v) is 9.62. The number of rotatable bonds is 7. The molecule has 0 aliphatic rings. The van der Waals surface area contributed by atoms with Crippen LogP contribution in [0.25, 0.3) is 43.4 Å². The minimum absolute atomic E-state index is 1.11. The van der Waals surface area contributed by atoms with Crippen LogP contribution >= 0.6 is 0 Å². The average molecular weight is 639 g/mol. The second kappa shape index (κ2) is 12.8. The number of hydrogen-bond donors (Lipinski definition) is 0. The summed E-state index contributed by atoms with van der Waals surface area (Å²) in [6.07, 6.45) is 0. The van der Waals surface area contributed by atoms with Gasteiger partial charge in [-0.25, -0.2) is 0 Å². The van der Waals surface area contributed by atoms with E-state index in [9.17, 15) is 0 Å². The van der Waals surface area contributed by atoms with Gasteiger partial charge in [0.05, 0.1) is 17.1 Å². The first-order chi connectivity index (χ1) is 24.8. The summed E-state index contributed by atoms with van der Waals surface area (Å²) < 4.78 is 0. The Labute approximate surface area is 292 Å². The van der Waals surface area contributed by atoms with E-state index in [1.54, 1.807) is 0 Å². The highest BCUT2D eigenvalue weighted by Gasteiger charge is 2.20. The molecule has 0 bridgehead atoms. The molecule has 9 aromatic carbocycles. The molecule has 0 atom stereocenters. The van der Waals surface area contributed by atoms with Gasteiger partial charge in [0.25, 0.3) is 0 Å². The zero-order valence-electron chi connectivity index (χ0n) is 27.5. The molecule has 0 radical (unpaired) electrons. The Morgan fingerprint density at radius 1 is 0.240 bits per heavy atom. The summed E-state index contributed by atoms with van der Waals surface area (Å²) in [5, 5.41) is 7.30. The Hall–Kier alpha value is -6.64. The molecule has 0 aliphatic carbocycles. The van der Waals surface area contributed by atoms with E-state index in [1.165, 1.54) is 43.4 Å². The van der Waals surface area contributed by atoms with Gasteiger partial charge in [0.1, 0.15) is 0 Å². The smallest absolute Gasteiger partial charge is 0.0540 e. The van der Waals surface area contributed by atoms with Crippen LogP contribution in [0.3, 0.4) is 0 Å². The summed E-state index contributed by atoms with van der Waals surface area (Å²) in [5.41, 5.74) is 9.22.